The third-order valence-corrected chi connectivity index (χ3v) is 3.00. The number of allylic oxidation sites excluding steroid dienone is 2. The highest BCUT2D eigenvalue weighted by atomic mass is 14.1. The van der Waals surface area contributed by atoms with Crippen LogP contribution >= 0.6 is 0 Å². The lowest BCUT2D eigenvalue weighted by atomic mass is 9.96. The monoisotopic (exact) mass is 278 g/mol. The summed E-state index contributed by atoms with van der Waals surface area (Å²) in [5.74, 6) is 0. The third kappa shape index (κ3) is 6.76. The topological polar surface area (TPSA) is 0 Å². The molecule has 2 aromatic carbocycles. The summed E-state index contributed by atoms with van der Waals surface area (Å²) >= 11 is 0. The molecule has 0 amide bonds. The highest BCUT2D eigenvalue weighted by molar-refractivity contribution is 5.64. The van der Waals surface area contributed by atoms with Crippen LogP contribution in [0.3, 0.4) is 0 Å². The zero-order chi connectivity index (χ0) is 15.7. The molecule has 0 aliphatic heterocycles. The Morgan fingerprint density at radius 2 is 1.29 bits per heavy atom. The van der Waals surface area contributed by atoms with Crippen LogP contribution in [0, 0.1) is 0 Å². The van der Waals surface area contributed by atoms with Gasteiger partial charge in [0.15, 0.2) is 0 Å². The fourth-order valence-electron chi connectivity index (χ4n) is 2.08. The van der Waals surface area contributed by atoms with Crippen LogP contribution in [0.2, 0.25) is 0 Å². The fourth-order valence-corrected chi connectivity index (χ4v) is 2.08. The SMILES string of the molecule is C=C(C)C.C=C(C)c1ccccc1CCc1ccccc1. The standard InChI is InChI=1S/C17H18.C4H8/c1-14(2)17-11-7-6-10-16(17)13-12-15-8-4-3-5-9-15;1-4(2)3/h3-11H,1,12-13H2,2H3;1H2,2-3H3. The van der Waals surface area contributed by atoms with Gasteiger partial charge in [-0.1, -0.05) is 72.3 Å². The third-order valence-electron chi connectivity index (χ3n) is 3.00. The smallest absolute Gasteiger partial charge is 0.0201 e. The Labute approximate surface area is 129 Å². The van der Waals surface area contributed by atoms with E-state index in [-0.39, 0.29) is 0 Å². The zero-order valence-electron chi connectivity index (χ0n) is 13.5. The highest BCUT2D eigenvalue weighted by Gasteiger charge is 2.02. The van der Waals surface area contributed by atoms with Gasteiger partial charge >= 0.3 is 0 Å². The van der Waals surface area contributed by atoms with Crippen molar-refractivity contribution in [1.82, 2.24) is 0 Å². The summed E-state index contributed by atoms with van der Waals surface area (Å²) in [4.78, 5) is 0. The van der Waals surface area contributed by atoms with Gasteiger partial charge in [0.2, 0.25) is 0 Å². The minimum absolute atomic E-state index is 1.08. The van der Waals surface area contributed by atoms with Crippen molar-refractivity contribution >= 4 is 5.57 Å². The zero-order valence-corrected chi connectivity index (χ0v) is 13.5. The molecule has 21 heavy (non-hydrogen) atoms. The Hall–Kier alpha value is -2.08. The van der Waals surface area contributed by atoms with Crippen LogP contribution in [0.25, 0.3) is 5.57 Å². The lowest BCUT2D eigenvalue weighted by Gasteiger charge is -2.09. The maximum Gasteiger partial charge on any atom is -0.0201 e. The normalized spacial score (nSPS) is 9.48. The van der Waals surface area contributed by atoms with E-state index < -0.39 is 0 Å². The van der Waals surface area contributed by atoms with E-state index in [1.807, 2.05) is 13.8 Å². The molecular formula is C21H26. The first kappa shape index (κ1) is 17.0. The number of hydrogen-bond acceptors (Lipinski definition) is 0. The van der Waals surface area contributed by atoms with E-state index >= 15 is 0 Å². The van der Waals surface area contributed by atoms with E-state index in [4.69, 9.17) is 0 Å². The van der Waals surface area contributed by atoms with Gasteiger partial charge < -0.3 is 0 Å². The van der Waals surface area contributed by atoms with Crippen molar-refractivity contribution in [3.8, 4) is 0 Å². The van der Waals surface area contributed by atoms with E-state index in [0.717, 1.165) is 18.4 Å². The van der Waals surface area contributed by atoms with E-state index in [2.05, 4.69) is 74.7 Å². The van der Waals surface area contributed by atoms with E-state index in [1.54, 1.807) is 0 Å². The van der Waals surface area contributed by atoms with Crippen LogP contribution in [0.1, 0.15) is 37.5 Å². The first-order valence-corrected chi connectivity index (χ1v) is 7.40. The summed E-state index contributed by atoms with van der Waals surface area (Å²) in [5, 5.41) is 0. The van der Waals surface area contributed by atoms with Gasteiger partial charge in [0, 0.05) is 0 Å². The summed E-state index contributed by atoms with van der Waals surface area (Å²) in [6, 6.07) is 19.2. The Bertz CT molecular complexity index is 572. The second-order valence-electron chi connectivity index (χ2n) is 5.63. The van der Waals surface area contributed by atoms with Crippen LogP contribution in [0.15, 0.2) is 73.3 Å². The van der Waals surface area contributed by atoms with E-state index in [9.17, 15) is 0 Å². The molecule has 0 radical (unpaired) electrons. The Balaban J connectivity index is 0.000000491. The van der Waals surface area contributed by atoms with E-state index in [1.165, 1.54) is 22.3 Å². The van der Waals surface area contributed by atoms with Crippen LogP contribution in [0.4, 0.5) is 0 Å². The molecule has 0 saturated carbocycles. The van der Waals surface area contributed by atoms with Crippen molar-refractivity contribution in [3.05, 3.63) is 90.0 Å². The molecular weight excluding hydrogens is 252 g/mol. The molecule has 0 bridgehead atoms. The van der Waals surface area contributed by atoms with Gasteiger partial charge in [-0.25, -0.2) is 0 Å². The Morgan fingerprint density at radius 1 is 0.762 bits per heavy atom. The molecule has 2 rings (SSSR count). The number of aryl methyl sites for hydroxylation is 2. The van der Waals surface area contributed by atoms with Crippen molar-refractivity contribution in [2.24, 2.45) is 0 Å². The molecule has 0 heteroatoms. The maximum absolute atomic E-state index is 4.04. The summed E-state index contributed by atoms with van der Waals surface area (Å²) in [6.45, 7) is 13.6. The van der Waals surface area contributed by atoms with Gasteiger partial charge in [0.1, 0.15) is 0 Å². The van der Waals surface area contributed by atoms with Gasteiger partial charge in [-0.05, 0) is 50.3 Å². The lowest BCUT2D eigenvalue weighted by molar-refractivity contribution is 0.956. The molecule has 0 N–H and O–H groups in total. The van der Waals surface area contributed by atoms with Crippen LogP contribution < -0.4 is 0 Å². The Morgan fingerprint density at radius 3 is 1.86 bits per heavy atom. The first-order chi connectivity index (χ1) is 10.0. The molecule has 0 spiro atoms. The molecule has 0 saturated heterocycles. The molecule has 0 heterocycles. The quantitative estimate of drug-likeness (QED) is 0.594. The minimum Gasteiger partial charge on any atom is -0.100 e. The molecule has 0 aliphatic carbocycles. The van der Waals surface area contributed by atoms with Crippen LogP contribution in [-0.2, 0) is 12.8 Å². The van der Waals surface area contributed by atoms with Crippen molar-refractivity contribution in [2.75, 3.05) is 0 Å². The molecule has 0 aromatic heterocycles. The van der Waals surface area contributed by atoms with Crippen molar-refractivity contribution in [2.45, 2.75) is 33.6 Å². The van der Waals surface area contributed by atoms with Gasteiger partial charge in [-0.2, -0.15) is 0 Å². The highest BCUT2D eigenvalue weighted by Crippen LogP contribution is 2.18. The maximum atomic E-state index is 4.04. The number of benzene rings is 2. The number of rotatable bonds is 4. The predicted molar refractivity (Wildman–Crippen MR) is 95.5 cm³/mol. The predicted octanol–water partition coefficient (Wildman–Crippen LogP) is 6.09. The fraction of sp³-hybridized carbons (Fsp3) is 0.238. The molecule has 110 valence electrons. The molecule has 2 aromatic rings. The molecule has 0 unspecified atom stereocenters. The van der Waals surface area contributed by atoms with Gasteiger partial charge in [0.25, 0.3) is 0 Å². The summed E-state index contributed by atoms with van der Waals surface area (Å²) in [5.41, 5.74) is 6.39. The second kappa shape index (κ2) is 8.97. The summed E-state index contributed by atoms with van der Waals surface area (Å²) < 4.78 is 0. The number of hydrogen-bond donors (Lipinski definition) is 0. The van der Waals surface area contributed by atoms with Crippen molar-refractivity contribution in [3.63, 3.8) is 0 Å². The van der Waals surface area contributed by atoms with Crippen LogP contribution in [-0.4, -0.2) is 0 Å². The van der Waals surface area contributed by atoms with E-state index in [0.29, 0.717) is 0 Å². The first-order valence-electron chi connectivity index (χ1n) is 7.40. The van der Waals surface area contributed by atoms with Gasteiger partial charge in [-0.15, -0.1) is 6.58 Å². The molecule has 0 nitrogen and oxygen atoms in total. The summed E-state index contributed by atoms with van der Waals surface area (Å²) in [6.07, 6.45) is 2.16. The molecule has 0 aliphatic rings. The average molecular weight is 278 g/mol. The van der Waals surface area contributed by atoms with Gasteiger partial charge in [-0.3, -0.25) is 0 Å². The molecule has 0 fully saturated rings. The van der Waals surface area contributed by atoms with Crippen molar-refractivity contribution < 1.29 is 0 Å². The average Bonchev–Trinajstić information content (AvgIpc) is 2.46. The van der Waals surface area contributed by atoms with Gasteiger partial charge in [0.05, 0.1) is 0 Å². The second-order valence-corrected chi connectivity index (χ2v) is 5.63. The summed E-state index contributed by atoms with van der Waals surface area (Å²) in [7, 11) is 0. The minimum atomic E-state index is 1.08. The molecule has 0 atom stereocenters. The largest absolute Gasteiger partial charge is 0.100 e. The van der Waals surface area contributed by atoms with Crippen LogP contribution in [0.5, 0.6) is 0 Å². The van der Waals surface area contributed by atoms with Crippen molar-refractivity contribution in [1.29, 1.82) is 0 Å². The Kier molecular flexibility index (Phi) is 7.25. The lowest BCUT2D eigenvalue weighted by Crippen LogP contribution is -1.95.